The monoisotopic (exact) mass is 475 g/mol. The van der Waals surface area contributed by atoms with Crippen LogP contribution >= 0.6 is 24.0 Å². The first kappa shape index (κ1) is 21.9. The Morgan fingerprint density at radius 2 is 1.77 bits per heavy atom. The molecule has 1 aromatic carbocycles. The Morgan fingerprint density at radius 1 is 1.08 bits per heavy atom. The van der Waals surface area contributed by atoms with Gasteiger partial charge in [0, 0.05) is 18.7 Å². The van der Waals surface area contributed by atoms with Crippen molar-refractivity contribution in [3.63, 3.8) is 0 Å². The van der Waals surface area contributed by atoms with Gasteiger partial charge in [-0.1, -0.05) is 0 Å². The zero-order valence-corrected chi connectivity index (χ0v) is 17.8. The van der Waals surface area contributed by atoms with E-state index in [-0.39, 0.29) is 24.0 Å². The summed E-state index contributed by atoms with van der Waals surface area (Å²) < 4.78 is 21.5. The third-order valence-corrected chi connectivity index (χ3v) is 3.57. The number of hydrogen-bond donors (Lipinski definition) is 2. The molecule has 7 nitrogen and oxygen atoms in total. The summed E-state index contributed by atoms with van der Waals surface area (Å²) in [6, 6.07) is 7.40. The molecular weight excluding hydrogens is 449 g/mol. The molecule has 144 valence electrons. The van der Waals surface area contributed by atoms with E-state index in [0.29, 0.717) is 36.3 Å². The molecule has 0 amide bonds. The van der Waals surface area contributed by atoms with Gasteiger partial charge in [0.2, 0.25) is 0 Å². The molecule has 0 aliphatic carbocycles. The number of nitrogens with zero attached hydrogens (tertiary/aromatic N) is 1. The van der Waals surface area contributed by atoms with E-state index in [9.17, 15) is 0 Å². The second-order valence-electron chi connectivity index (χ2n) is 5.14. The van der Waals surface area contributed by atoms with Crippen LogP contribution in [0.15, 0.2) is 39.9 Å². The number of ether oxygens (including phenoxy) is 3. The van der Waals surface area contributed by atoms with Crippen LogP contribution in [0.25, 0.3) is 0 Å². The van der Waals surface area contributed by atoms with Gasteiger partial charge >= 0.3 is 0 Å². The van der Waals surface area contributed by atoms with Crippen molar-refractivity contribution in [1.82, 2.24) is 10.6 Å². The molecule has 0 aliphatic heterocycles. The van der Waals surface area contributed by atoms with Gasteiger partial charge in [0.25, 0.3) is 0 Å². The number of nitrogens with one attached hydrogen (secondary N) is 2. The van der Waals surface area contributed by atoms with Crippen LogP contribution in [-0.4, -0.2) is 33.8 Å². The Morgan fingerprint density at radius 3 is 2.27 bits per heavy atom. The molecule has 0 bridgehead atoms. The first-order chi connectivity index (χ1) is 12.2. The second-order valence-corrected chi connectivity index (χ2v) is 5.14. The summed E-state index contributed by atoms with van der Waals surface area (Å²) in [4.78, 5) is 4.61. The fourth-order valence-electron chi connectivity index (χ4n) is 2.32. The zero-order valence-electron chi connectivity index (χ0n) is 15.5. The van der Waals surface area contributed by atoms with Gasteiger partial charge in [-0.25, -0.2) is 4.99 Å². The average molecular weight is 475 g/mol. The van der Waals surface area contributed by atoms with Crippen LogP contribution < -0.4 is 24.8 Å². The first-order valence-corrected chi connectivity index (χ1v) is 8.05. The van der Waals surface area contributed by atoms with Gasteiger partial charge in [-0.2, -0.15) is 0 Å². The van der Waals surface area contributed by atoms with E-state index in [2.05, 4.69) is 15.6 Å². The van der Waals surface area contributed by atoms with Gasteiger partial charge < -0.3 is 29.3 Å². The summed E-state index contributed by atoms with van der Waals surface area (Å²) >= 11 is 0. The highest BCUT2D eigenvalue weighted by Gasteiger charge is 2.13. The Balaban J connectivity index is 0.00000338. The largest absolute Gasteiger partial charge is 0.496 e. The Labute approximate surface area is 171 Å². The van der Waals surface area contributed by atoms with Gasteiger partial charge in [-0.05, 0) is 19.1 Å². The van der Waals surface area contributed by atoms with E-state index in [0.717, 1.165) is 17.9 Å². The normalized spacial score (nSPS) is 10.7. The van der Waals surface area contributed by atoms with E-state index in [1.54, 1.807) is 27.6 Å². The lowest BCUT2D eigenvalue weighted by Crippen LogP contribution is -2.36. The minimum atomic E-state index is 0. The van der Waals surface area contributed by atoms with Gasteiger partial charge in [-0.3, -0.25) is 0 Å². The number of aliphatic imine (C=N–C) groups is 1. The minimum absolute atomic E-state index is 0. The molecule has 0 radical (unpaired) electrons. The third kappa shape index (κ3) is 6.01. The van der Waals surface area contributed by atoms with Crippen molar-refractivity contribution in [3.8, 4) is 17.2 Å². The second kappa shape index (κ2) is 11.5. The van der Waals surface area contributed by atoms with Crippen molar-refractivity contribution < 1.29 is 18.6 Å². The predicted molar refractivity (Wildman–Crippen MR) is 112 cm³/mol. The number of hydrogen-bond acceptors (Lipinski definition) is 5. The third-order valence-electron chi connectivity index (χ3n) is 3.57. The van der Waals surface area contributed by atoms with Crippen LogP contribution in [-0.2, 0) is 13.1 Å². The van der Waals surface area contributed by atoms with Crippen LogP contribution in [0.2, 0.25) is 0 Å². The minimum Gasteiger partial charge on any atom is -0.496 e. The van der Waals surface area contributed by atoms with Crippen LogP contribution in [0.1, 0.15) is 18.2 Å². The lowest BCUT2D eigenvalue weighted by atomic mass is 10.1. The van der Waals surface area contributed by atoms with Gasteiger partial charge in [-0.15, -0.1) is 24.0 Å². The van der Waals surface area contributed by atoms with Crippen LogP contribution in [0.4, 0.5) is 0 Å². The Kier molecular flexibility index (Phi) is 9.71. The first-order valence-electron chi connectivity index (χ1n) is 8.05. The smallest absolute Gasteiger partial charge is 0.191 e. The summed E-state index contributed by atoms with van der Waals surface area (Å²) in [5.41, 5.74) is 0.848. The maximum absolute atomic E-state index is 5.46. The van der Waals surface area contributed by atoms with Crippen molar-refractivity contribution in [1.29, 1.82) is 0 Å². The number of halogens is 1. The van der Waals surface area contributed by atoms with Crippen molar-refractivity contribution in [2.45, 2.75) is 20.0 Å². The van der Waals surface area contributed by atoms with Crippen molar-refractivity contribution in [3.05, 3.63) is 41.9 Å². The molecule has 0 fully saturated rings. The summed E-state index contributed by atoms with van der Waals surface area (Å²) in [6.07, 6.45) is 1.65. The van der Waals surface area contributed by atoms with E-state index < -0.39 is 0 Å². The lowest BCUT2D eigenvalue weighted by Gasteiger charge is -2.15. The highest BCUT2D eigenvalue weighted by molar-refractivity contribution is 14.0. The van der Waals surface area contributed by atoms with Crippen molar-refractivity contribution in [2.24, 2.45) is 4.99 Å². The van der Waals surface area contributed by atoms with Gasteiger partial charge in [0.1, 0.15) is 23.0 Å². The molecular formula is C18H26IN3O4. The van der Waals surface area contributed by atoms with Crippen LogP contribution in [0.3, 0.4) is 0 Å². The number of rotatable bonds is 8. The highest BCUT2D eigenvalue weighted by Crippen LogP contribution is 2.34. The molecule has 2 aromatic rings. The molecule has 2 N–H and O–H groups in total. The highest BCUT2D eigenvalue weighted by atomic mass is 127. The Hall–Kier alpha value is -2.10. The molecule has 1 aromatic heterocycles. The molecule has 0 saturated carbocycles. The number of furan rings is 1. The molecule has 0 atom stereocenters. The Bertz CT molecular complexity index is 665. The number of benzene rings is 1. The SMILES string of the molecule is CCNC(=NCc1c(OC)cc(OC)cc1OC)NCc1ccco1.I. The quantitative estimate of drug-likeness (QED) is 0.347. The van der Waals surface area contributed by atoms with Gasteiger partial charge in [0.05, 0.1) is 46.2 Å². The maximum atomic E-state index is 5.46. The van der Waals surface area contributed by atoms with E-state index >= 15 is 0 Å². The summed E-state index contributed by atoms with van der Waals surface area (Å²) in [5.74, 6) is 3.52. The summed E-state index contributed by atoms with van der Waals surface area (Å²) in [5, 5.41) is 6.43. The molecule has 1 heterocycles. The average Bonchev–Trinajstić information content (AvgIpc) is 3.16. The standard InChI is InChI=1S/C18H25N3O4.HI/c1-5-19-18(20-11-13-7-6-8-25-13)21-12-15-16(23-3)9-14(22-2)10-17(15)24-4;/h6-10H,5,11-12H2,1-4H3,(H2,19,20,21);1H. The van der Waals surface area contributed by atoms with Crippen molar-refractivity contribution >= 4 is 29.9 Å². The topological polar surface area (TPSA) is 77.3 Å². The summed E-state index contributed by atoms with van der Waals surface area (Å²) in [7, 11) is 4.83. The molecule has 0 unspecified atom stereocenters. The molecule has 0 aliphatic rings. The fourth-order valence-corrected chi connectivity index (χ4v) is 2.32. The molecule has 26 heavy (non-hydrogen) atoms. The number of guanidine groups is 1. The summed E-state index contributed by atoms with van der Waals surface area (Å²) in [6.45, 7) is 3.71. The maximum Gasteiger partial charge on any atom is 0.191 e. The molecule has 0 saturated heterocycles. The predicted octanol–water partition coefficient (Wildman–Crippen LogP) is 3.18. The van der Waals surface area contributed by atoms with Crippen molar-refractivity contribution in [2.75, 3.05) is 27.9 Å². The molecule has 2 rings (SSSR count). The van der Waals surface area contributed by atoms with Gasteiger partial charge in [0.15, 0.2) is 5.96 Å². The van der Waals surface area contributed by atoms with E-state index in [1.165, 1.54) is 0 Å². The van der Waals surface area contributed by atoms with Crippen LogP contribution in [0.5, 0.6) is 17.2 Å². The van der Waals surface area contributed by atoms with E-state index in [1.807, 2.05) is 31.2 Å². The van der Waals surface area contributed by atoms with Crippen LogP contribution in [0, 0.1) is 0 Å². The zero-order chi connectivity index (χ0) is 18.1. The van der Waals surface area contributed by atoms with E-state index in [4.69, 9.17) is 18.6 Å². The fraction of sp³-hybridized carbons (Fsp3) is 0.389. The molecule has 8 heteroatoms. The lowest BCUT2D eigenvalue weighted by molar-refractivity contribution is 0.369. The molecule has 0 spiro atoms. The number of methoxy groups -OCH3 is 3.